The van der Waals surface area contributed by atoms with Crippen LogP contribution in [-0.2, 0) is 0 Å². The SMILES string of the molecule is c1ccc(-c2cccc(-n3c4ccccc4c4c5c6ccccc6n(-c6ccc7c8ccccc8n(-c8nc(-c9cccc%10ccccc9%10)nc(-c9cccc%10ccccc9%10)n8)c7c6)c5ccc43)c2)cc1. The van der Waals surface area contributed by atoms with E-state index in [0.717, 1.165) is 76.9 Å². The normalized spacial score (nSPS) is 11.9. The number of aromatic nitrogens is 6. The van der Waals surface area contributed by atoms with Crippen LogP contribution >= 0.6 is 0 Å². The second-order valence-corrected chi connectivity index (χ2v) is 18.4. The van der Waals surface area contributed by atoms with Gasteiger partial charge in [0, 0.05) is 54.8 Å². The molecule has 0 N–H and O–H groups in total. The Labute approximate surface area is 407 Å². The number of benzene rings is 11. The average molecular weight is 905 g/mol. The van der Waals surface area contributed by atoms with Crippen LogP contribution in [-0.4, -0.2) is 28.7 Å². The Kier molecular flexibility index (Phi) is 8.56. The molecular formula is C65H40N6. The van der Waals surface area contributed by atoms with Gasteiger partial charge in [0.25, 0.3) is 0 Å². The summed E-state index contributed by atoms with van der Waals surface area (Å²) >= 11 is 0. The summed E-state index contributed by atoms with van der Waals surface area (Å²) in [4.78, 5) is 16.2. The summed E-state index contributed by atoms with van der Waals surface area (Å²) < 4.78 is 7.10. The number of hydrogen-bond donors (Lipinski definition) is 0. The zero-order chi connectivity index (χ0) is 46.6. The summed E-state index contributed by atoms with van der Waals surface area (Å²) in [5, 5.41) is 11.6. The Morgan fingerprint density at radius 1 is 0.254 bits per heavy atom. The van der Waals surface area contributed by atoms with E-state index in [0.29, 0.717) is 17.6 Å². The van der Waals surface area contributed by atoms with Crippen molar-refractivity contribution in [2.45, 2.75) is 0 Å². The molecule has 6 nitrogen and oxygen atoms in total. The summed E-state index contributed by atoms with van der Waals surface area (Å²) in [5.41, 5.74) is 13.1. The fraction of sp³-hybridized carbons (Fsp3) is 0. The van der Waals surface area contributed by atoms with Crippen LogP contribution in [0.2, 0.25) is 0 Å². The van der Waals surface area contributed by atoms with Gasteiger partial charge >= 0.3 is 0 Å². The first-order valence-electron chi connectivity index (χ1n) is 24.1. The highest BCUT2D eigenvalue weighted by molar-refractivity contribution is 6.29. The van der Waals surface area contributed by atoms with Crippen molar-refractivity contribution in [1.29, 1.82) is 0 Å². The Balaban J connectivity index is 0.989. The van der Waals surface area contributed by atoms with E-state index in [2.05, 4.69) is 256 Å². The molecule has 0 aliphatic heterocycles. The van der Waals surface area contributed by atoms with Gasteiger partial charge in [0.15, 0.2) is 11.6 Å². The zero-order valence-corrected chi connectivity index (χ0v) is 38.3. The van der Waals surface area contributed by atoms with Gasteiger partial charge in [-0.05, 0) is 87.3 Å². The van der Waals surface area contributed by atoms with Crippen LogP contribution in [0, 0.1) is 0 Å². The molecular weight excluding hydrogens is 865 g/mol. The number of rotatable bonds is 6. The number of nitrogens with zero attached hydrogens (tertiary/aromatic N) is 6. The molecule has 4 aromatic heterocycles. The summed E-state index contributed by atoms with van der Waals surface area (Å²) in [6, 6.07) is 86.9. The first-order valence-corrected chi connectivity index (χ1v) is 24.1. The highest BCUT2D eigenvalue weighted by Gasteiger charge is 2.23. The van der Waals surface area contributed by atoms with Gasteiger partial charge in [-0.1, -0.05) is 188 Å². The van der Waals surface area contributed by atoms with E-state index in [-0.39, 0.29) is 0 Å². The topological polar surface area (TPSA) is 53.5 Å². The predicted octanol–water partition coefficient (Wildman–Crippen LogP) is 16.5. The van der Waals surface area contributed by atoms with Crippen LogP contribution < -0.4 is 0 Å². The third kappa shape index (κ3) is 5.98. The van der Waals surface area contributed by atoms with Crippen LogP contribution in [0.5, 0.6) is 0 Å². The largest absolute Gasteiger partial charge is 0.309 e. The van der Waals surface area contributed by atoms with Crippen LogP contribution in [0.1, 0.15) is 0 Å². The second kappa shape index (κ2) is 15.4. The maximum atomic E-state index is 5.44. The molecule has 71 heavy (non-hydrogen) atoms. The molecule has 0 atom stereocenters. The standard InChI is InChI=1S/C65H40N6/c1-2-17-41(18-3-1)44-23-14-24-45(39-44)69-56-33-12-9-28-53(56)61-58(69)37-38-59-62(61)54-29-10-13-34-57(54)70(59)46-35-36-50-49-27-8-11-32-55(49)71(60(50)40-46)65-67-63(51-30-15-21-42-19-4-6-25-47(42)51)66-64(68-65)52-31-16-22-43-20-5-7-26-48(43)52/h1-40H. The van der Waals surface area contributed by atoms with E-state index in [1.54, 1.807) is 0 Å². The molecule has 0 bridgehead atoms. The van der Waals surface area contributed by atoms with Crippen molar-refractivity contribution in [3.63, 3.8) is 0 Å². The van der Waals surface area contributed by atoms with Crippen molar-refractivity contribution < 1.29 is 0 Å². The van der Waals surface area contributed by atoms with Gasteiger partial charge in [0.1, 0.15) is 0 Å². The lowest BCUT2D eigenvalue weighted by molar-refractivity contribution is 0.954. The van der Waals surface area contributed by atoms with Gasteiger partial charge < -0.3 is 9.13 Å². The maximum Gasteiger partial charge on any atom is 0.238 e. The molecule has 0 amide bonds. The molecule has 6 heteroatoms. The molecule has 0 unspecified atom stereocenters. The van der Waals surface area contributed by atoms with Crippen molar-refractivity contribution in [1.82, 2.24) is 28.7 Å². The van der Waals surface area contributed by atoms with Crippen molar-refractivity contribution in [2.24, 2.45) is 0 Å². The second-order valence-electron chi connectivity index (χ2n) is 18.4. The van der Waals surface area contributed by atoms with Crippen molar-refractivity contribution in [3.8, 4) is 51.2 Å². The lowest BCUT2D eigenvalue weighted by atomic mass is 10.0. The van der Waals surface area contributed by atoms with Gasteiger partial charge in [-0.2, -0.15) is 9.97 Å². The van der Waals surface area contributed by atoms with Gasteiger partial charge in [-0.25, -0.2) is 4.98 Å². The highest BCUT2D eigenvalue weighted by atomic mass is 15.2. The van der Waals surface area contributed by atoms with Gasteiger partial charge in [0.05, 0.1) is 33.1 Å². The number of fused-ring (bicyclic) bond motifs is 12. The van der Waals surface area contributed by atoms with E-state index in [1.807, 2.05) is 0 Å². The highest BCUT2D eigenvalue weighted by Crippen LogP contribution is 2.44. The quantitative estimate of drug-likeness (QED) is 0.167. The van der Waals surface area contributed by atoms with E-state index >= 15 is 0 Å². The van der Waals surface area contributed by atoms with Crippen molar-refractivity contribution >= 4 is 87.0 Å². The number of hydrogen-bond acceptors (Lipinski definition) is 3. The maximum absolute atomic E-state index is 5.44. The predicted molar refractivity (Wildman–Crippen MR) is 294 cm³/mol. The lowest BCUT2D eigenvalue weighted by Gasteiger charge is -2.14. The van der Waals surface area contributed by atoms with Crippen LogP contribution in [0.4, 0.5) is 0 Å². The van der Waals surface area contributed by atoms with Crippen LogP contribution in [0.15, 0.2) is 243 Å². The van der Waals surface area contributed by atoms with Gasteiger partial charge in [-0.15, -0.1) is 0 Å². The summed E-state index contributed by atoms with van der Waals surface area (Å²) in [5.74, 6) is 1.80. The molecule has 0 aliphatic carbocycles. The summed E-state index contributed by atoms with van der Waals surface area (Å²) in [6.45, 7) is 0. The van der Waals surface area contributed by atoms with Gasteiger partial charge in [-0.3, -0.25) is 4.57 Å². The third-order valence-electron chi connectivity index (χ3n) is 14.5. The third-order valence-corrected chi connectivity index (χ3v) is 14.5. The average Bonchev–Trinajstić information content (AvgIpc) is 4.08. The van der Waals surface area contributed by atoms with Crippen molar-refractivity contribution in [3.05, 3.63) is 243 Å². The molecule has 0 spiro atoms. The molecule has 330 valence electrons. The Bertz CT molecular complexity index is 4540. The molecule has 11 aromatic carbocycles. The molecule has 0 fully saturated rings. The fourth-order valence-electron chi connectivity index (χ4n) is 11.4. The van der Waals surface area contributed by atoms with E-state index < -0.39 is 0 Å². The smallest absolute Gasteiger partial charge is 0.238 e. The Hall–Kier alpha value is -9.65. The molecule has 15 aromatic rings. The van der Waals surface area contributed by atoms with E-state index in [1.165, 1.54) is 43.7 Å². The van der Waals surface area contributed by atoms with E-state index in [9.17, 15) is 0 Å². The molecule has 0 saturated carbocycles. The van der Waals surface area contributed by atoms with Crippen LogP contribution in [0.3, 0.4) is 0 Å². The molecule has 15 rings (SSSR count). The van der Waals surface area contributed by atoms with Crippen LogP contribution in [0.25, 0.3) is 138 Å². The minimum absolute atomic E-state index is 0.558. The molecule has 0 aliphatic rings. The first-order chi connectivity index (χ1) is 35.2. The van der Waals surface area contributed by atoms with Crippen molar-refractivity contribution in [2.75, 3.05) is 0 Å². The Morgan fingerprint density at radius 3 is 1.31 bits per heavy atom. The monoisotopic (exact) mass is 904 g/mol. The minimum atomic E-state index is 0.558. The van der Waals surface area contributed by atoms with Gasteiger partial charge in [0.2, 0.25) is 5.95 Å². The first kappa shape index (κ1) is 39.4. The Morgan fingerprint density at radius 2 is 0.704 bits per heavy atom. The summed E-state index contributed by atoms with van der Waals surface area (Å²) in [6.07, 6.45) is 0. The van der Waals surface area contributed by atoms with E-state index in [4.69, 9.17) is 15.0 Å². The minimum Gasteiger partial charge on any atom is -0.309 e. The molecule has 0 saturated heterocycles. The molecule has 0 radical (unpaired) electrons. The number of para-hydroxylation sites is 3. The lowest BCUT2D eigenvalue weighted by Crippen LogP contribution is -2.07. The zero-order valence-electron chi connectivity index (χ0n) is 38.3. The summed E-state index contributed by atoms with van der Waals surface area (Å²) in [7, 11) is 0. The fourth-order valence-corrected chi connectivity index (χ4v) is 11.4. The molecule has 4 heterocycles.